The van der Waals surface area contributed by atoms with E-state index in [-0.39, 0.29) is 6.04 Å². The highest BCUT2D eigenvalue weighted by Gasteiger charge is 2.30. The van der Waals surface area contributed by atoms with Gasteiger partial charge in [0.15, 0.2) is 0 Å². The first-order valence-electron chi connectivity index (χ1n) is 7.14. The van der Waals surface area contributed by atoms with Crippen LogP contribution in [0, 0.1) is 0 Å². The zero-order valence-corrected chi connectivity index (χ0v) is 14.0. The first kappa shape index (κ1) is 18.5. The van der Waals surface area contributed by atoms with E-state index >= 15 is 0 Å². The molecule has 0 fully saturated rings. The van der Waals surface area contributed by atoms with Gasteiger partial charge >= 0.3 is 6.18 Å². The lowest BCUT2D eigenvalue weighted by atomic mass is 10.0. The molecule has 0 bridgehead atoms. The fraction of sp³-hybridized carbons (Fsp3) is 0.600. The summed E-state index contributed by atoms with van der Waals surface area (Å²) in [5.74, 6) is 0. The quantitative estimate of drug-likeness (QED) is 0.734. The molecule has 1 rings (SSSR count). The second kappa shape index (κ2) is 8.76. The minimum atomic E-state index is -4.14. The number of nitrogens with zero attached hydrogens (tertiary/aromatic N) is 1. The summed E-state index contributed by atoms with van der Waals surface area (Å²) in [5.41, 5.74) is 1.09. The fourth-order valence-corrected chi connectivity index (χ4v) is 2.85. The molecule has 2 nitrogen and oxygen atoms in total. The highest BCUT2D eigenvalue weighted by atomic mass is 79.9. The molecular weight excluding hydrogens is 345 g/mol. The minimum absolute atomic E-state index is 0.0489. The van der Waals surface area contributed by atoms with Gasteiger partial charge in [-0.3, -0.25) is 4.90 Å². The van der Waals surface area contributed by atoms with Crippen molar-refractivity contribution in [2.75, 3.05) is 26.2 Å². The highest BCUT2D eigenvalue weighted by molar-refractivity contribution is 9.10. The van der Waals surface area contributed by atoms with Gasteiger partial charge in [0, 0.05) is 17.1 Å². The van der Waals surface area contributed by atoms with E-state index in [9.17, 15) is 13.2 Å². The molecule has 0 saturated heterocycles. The molecule has 6 heteroatoms. The summed E-state index contributed by atoms with van der Waals surface area (Å²) in [7, 11) is 0. The molecule has 0 aliphatic rings. The molecule has 0 aliphatic carbocycles. The molecule has 1 aromatic rings. The van der Waals surface area contributed by atoms with Gasteiger partial charge in [0.1, 0.15) is 0 Å². The van der Waals surface area contributed by atoms with Crippen LogP contribution >= 0.6 is 15.9 Å². The number of halogens is 4. The summed E-state index contributed by atoms with van der Waals surface area (Å²) >= 11 is 3.51. The van der Waals surface area contributed by atoms with Crippen molar-refractivity contribution in [2.24, 2.45) is 0 Å². The van der Waals surface area contributed by atoms with E-state index in [2.05, 4.69) is 21.2 Å². The summed E-state index contributed by atoms with van der Waals surface area (Å²) in [6, 6.07) is 7.87. The molecule has 1 unspecified atom stereocenters. The van der Waals surface area contributed by atoms with Crippen LogP contribution in [0.2, 0.25) is 0 Å². The van der Waals surface area contributed by atoms with Gasteiger partial charge in [-0.2, -0.15) is 13.2 Å². The molecule has 1 atom stereocenters. The van der Waals surface area contributed by atoms with Crippen molar-refractivity contribution in [1.82, 2.24) is 10.2 Å². The first-order chi connectivity index (χ1) is 9.87. The fourth-order valence-electron chi connectivity index (χ4n) is 2.29. The minimum Gasteiger partial charge on any atom is -0.310 e. The number of hydrogen-bond acceptors (Lipinski definition) is 2. The van der Waals surface area contributed by atoms with Crippen molar-refractivity contribution >= 4 is 15.9 Å². The van der Waals surface area contributed by atoms with Gasteiger partial charge in [-0.05, 0) is 31.1 Å². The van der Waals surface area contributed by atoms with Gasteiger partial charge in [0.25, 0.3) is 0 Å². The summed E-state index contributed by atoms with van der Waals surface area (Å²) in [5, 5.41) is 3.34. The van der Waals surface area contributed by atoms with Crippen LogP contribution in [0.15, 0.2) is 28.7 Å². The summed E-state index contributed by atoms with van der Waals surface area (Å²) < 4.78 is 38.4. The standard InChI is InChI=1S/C15H22BrF3N2/c1-3-20-14(12-7-5-6-8-13(12)16)9-10-21(4-2)11-15(17,18)19/h5-8,14,20H,3-4,9-11H2,1-2H3. The van der Waals surface area contributed by atoms with Crippen molar-refractivity contribution in [3.8, 4) is 0 Å². The van der Waals surface area contributed by atoms with Gasteiger partial charge in [0.2, 0.25) is 0 Å². The van der Waals surface area contributed by atoms with Crippen molar-refractivity contribution in [1.29, 1.82) is 0 Å². The van der Waals surface area contributed by atoms with Crippen molar-refractivity contribution in [2.45, 2.75) is 32.5 Å². The third-order valence-corrected chi connectivity index (χ3v) is 4.04. The SMILES string of the molecule is CCNC(CCN(CC)CC(F)(F)F)c1ccccc1Br. The molecule has 0 radical (unpaired) electrons. The number of benzene rings is 1. The second-order valence-corrected chi connectivity index (χ2v) is 5.76. The average molecular weight is 367 g/mol. The third kappa shape index (κ3) is 6.80. The Morgan fingerprint density at radius 1 is 1.24 bits per heavy atom. The molecule has 1 aromatic carbocycles. The molecular formula is C15H22BrF3N2. The largest absolute Gasteiger partial charge is 0.401 e. The van der Waals surface area contributed by atoms with Crippen LogP contribution in [0.1, 0.15) is 31.9 Å². The van der Waals surface area contributed by atoms with Crippen LogP contribution in [-0.4, -0.2) is 37.3 Å². The Labute approximate surface area is 132 Å². The molecule has 0 saturated carbocycles. The number of hydrogen-bond donors (Lipinski definition) is 1. The number of nitrogens with one attached hydrogen (secondary N) is 1. The Hall–Kier alpha value is -0.590. The topological polar surface area (TPSA) is 15.3 Å². The molecule has 0 aromatic heterocycles. The van der Waals surface area contributed by atoms with Gasteiger partial charge in [-0.15, -0.1) is 0 Å². The third-order valence-electron chi connectivity index (χ3n) is 3.32. The van der Waals surface area contributed by atoms with E-state index in [1.54, 1.807) is 6.92 Å². The first-order valence-corrected chi connectivity index (χ1v) is 7.93. The van der Waals surface area contributed by atoms with Crippen LogP contribution in [0.3, 0.4) is 0 Å². The van der Waals surface area contributed by atoms with E-state index in [4.69, 9.17) is 0 Å². The van der Waals surface area contributed by atoms with Crippen LogP contribution < -0.4 is 5.32 Å². The van der Waals surface area contributed by atoms with E-state index < -0.39 is 12.7 Å². The number of alkyl halides is 3. The molecule has 0 spiro atoms. The van der Waals surface area contributed by atoms with E-state index in [0.717, 1.165) is 16.6 Å². The van der Waals surface area contributed by atoms with Gasteiger partial charge < -0.3 is 5.32 Å². The second-order valence-electron chi connectivity index (χ2n) is 4.90. The Kier molecular flexibility index (Phi) is 7.70. The monoisotopic (exact) mass is 366 g/mol. The highest BCUT2D eigenvalue weighted by Crippen LogP contribution is 2.26. The van der Waals surface area contributed by atoms with Crippen molar-refractivity contribution in [3.05, 3.63) is 34.3 Å². The summed E-state index contributed by atoms with van der Waals surface area (Å²) in [6.45, 7) is 4.49. The Bertz CT molecular complexity index is 424. The summed E-state index contributed by atoms with van der Waals surface area (Å²) in [4.78, 5) is 1.43. The Balaban J connectivity index is 2.69. The average Bonchev–Trinajstić information content (AvgIpc) is 2.41. The van der Waals surface area contributed by atoms with Crippen molar-refractivity contribution < 1.29 is 13.2 Å². The van der Waals surface area contributed by atoms with Crippen LogP contribution in [-0.2, 0) is 0 Å². The lowest BCUT2D eigenvalue weighted by Gasteiger charge is -2.26. The molecule has 120 valence electrons. The molecule has 0 aliphatic heterocycles. The summed E-state index contributed by atoms with van der Waals surface area (Å²) in [6.07, 6.45) is -3.50. The zero-order valence-electron chi connectivity index (χ0n) is 12.4. The molecule has 0 amide bonds. The van der Waals surface area contributed by atoms with E-state index in [1.807, 2.05) is 31.2 Å². The molecule has 21 heavy (non-hydrogen) atoms. The molecule has 1 N–H and O–H groups in total. The lowest BCUT2D eigenvalue weighted by Crippen LogP contribution is -2.36. The zero-order chi connectivity index (χ0) is 15.9. The van der Waals surface area contributed by atoms with E-state index in [0.29, 0.717) is 19.5 Å². The Morgan fingerprint density at radius 2 is 1.90 bits per heavy atom. The maximum atomic E-state index is 12.5. The van der Waals surface area contributed by atoms with Gasteiger partial charge in [-0.25, -0.2) is 0 Å². The predicted molar refractivity (Wildman–Crippen MR) is 83.3 cm³/mol. The maximum Gasteiger partial charge on any atom is 0.401 e. The number of rotatable bonds is 8. The van der Waals surface area contributed by atoms with Crippen molar-refractivity contribution in [3.63, 3.8) is 0 Å². The maximum absolute atomic E-state index is 12.5. The predicted octanol–water partition coefficient (Wildman–Crippen LogP) is 4.37. The van der Waals surface area contributed by atoms with Crippen LogP contribution in [0.25, 0.3) is 0 Å². The Morgan fingerprint density at radius 3 is 2.43 bits per heavy atom. The normalized spacial score (nSPS) is 13.7. The van der Waals surface area contributed by atoms with Crippen LogP contribution in [0.4, 0.5) is 13.2 Å². The smallest absolute Gasteiger partial charge is 0.310 e. The molecule has 0 heterocycles. The lowest BCUT2D eigenvalue weighted by molar-refractivity contribution is -0.145. The van der Waals surface area contributed by atoms with E-state index in [1.165, 1.54) is 4.90 Å². The van der Waals surface area contributed by atoms with Gasteiger partial charge in [-0.1, -0.05) is 48.0 Å². The van der Waals surface area contributed by atoms with Gasteiger partial charge in [0.05, 0.1) is 6.54 Å². The van der Waals surface area contributed by atoms with Crippen LogP contribution in [0.5, 0.6) is 0 Å².